The van der Waals surface area contributed by atoms with Gasteiger partial charge in [-0.2, -0.15) is 13.2 Å². The van der Waals surface area contributed by atoms with Crippen LogP contribution in [-0.4, -0.2) is 45.9 Å². The van der Waals surface area contributed by atoms with Gasteiger partial charge in [-0.25, -0.2) is 9.97 Å². The Balaban J connectivity index is 1.31. The molecule has 1 aromatic carbocycles. The second-order valence-corrected chi connectivity index (χ2v) is 8.32. The minimum Gasteiger partial charge on any atom is -0.439 e. The first-order chi connectivity index (χ1) is 15.3. The van der Waals surface area contributed by atoms with Crippen LogP contribution >= 0.6 is 0 Å². The van der Waals surface area contributed by atoms with Crippen LogP contribution in [0.25, 0.3) is 10.9 Å². The highest BCUT2D eigenvalue weighted by Crippen LogP contribution is 2.34. The van der Waals surface area contributed by atoms with Gasteiger partial charge in [-0.05, 0) is 49.6 Å². The third-order valence-corrected chi connectivity index (χ3v) is 6.14. The van der Waals surface area contributed by atoms with Crippen molar-refractivity contribution in [2.75, 3.05) is 19.6 Å². The summed E-state index contributed by atoms with van der Waals surface area (Å²) in [6.07, 6.45) is -0.329. The van der Waals surface area contributed by atoms with Crippen LogP contribution in [0.2, 0.25) is 0 Å². The summed E-state index contributed by atoms with van der Waals surface area (Å²) in [5.41, 5.74) is 0.269. The Morgan fingerprint density at radius 1 is 1.12 bits per heavy atom. The van der Waals surface area contributed by atoms with Gasteiger partial charge in [-0.15, -0.1) is 0 Å². The zero-order valence-electron chi connectivity index (χ0n) is 17.2. The summed E-state index contributed by atoms with van der Waals surface area (Å²) in [5, 5.41) is 4.30. The minimum atomic E-state index is -4.45. The largest absolute Gasteiger partial charge is 0.439 e. The number of fused-ring (bicyclic) bond motifs is 1. The number of carbonyl (C=O) groups excluding carboxylic acids is 1. The Hall–Kier alpha value is -3.20. The molecular weight excluding hydrogens is 421 g/mol. The van der Waals surface area contributed by atoms with E-state index in [0.717, 1.165) is 37.0 Å². The van der Waals surface area contributed by atoms with Crippen molar-refractivity contribution in [2.24, 2.45) is 0 Å². The molecular formula is C23H21F3N4O2. The Labute approximate surface area is 182 Å². The third kappa shape index (κ3) is 4.00. The summed E-state index contributed by atoms with van der Waals surface area (Å²) in [5.74, 6) is 0.398. The number of carbonyl (C=O) groups is 1. The highest BCUT2D eigenvalue weighted by molar-refractivity contribution is 5.95. The Morgan fingerprint density at radius 3 is 2.66 bits per heavy atom. The highest BCUT2D eigenvalue weighted by Gasteiger charge is 2.41. The van der Waals surface area contributed by atoms with Crippen molar-refractivity contribution < 1.29 is 22.7 Å². The molecule has 0 unspecified atom stereocenters. The molecule has 3 aromatic rings. The molecule has 1 aliphatic heterocycles. The van der Waals surface area contributed by atoms with Crippen LogP contribution in [0.3, 0.4) is 0 Å². The van der Waals surface area contributed by atoms with E-state index in [1.54, 1.807) is 30.3 Å². The van der Waals surface area contributed by atoms with Gasteiger partial charge in [0.25, 0.3) is 5.91 Å². The van der Waals surface area contributed by atoms with Gasteiger partial charge in [0.15, 0.2) is 0 Å². The van der Waals surface area contributed by atoms with Crippen LogP contribution in [0.5, 0.6) is 11.6 Å². The van der Waals surface area contributed by atoms with Crippen LogP contribution in [0.4, 0.5) is 13.2 Å². The van der Waals surface area contributed by atoms with Gasteiger partial charge < -0.3 is 15.0 Å². The maximum Gasteiger partial charge on any atom is 0.417 e. The van der Waals surface area contributed by atoms with Crippen molar-refractivity contribution in [3.05, 3.63) is 59.9 Å². The first-order valence-corrected chi connectivity index (χ1v) is 10.5. The molecule has 1 N–H and O–H groups in total. The van der Waals surface area contributed by atoms with Crippen molar-refractivity contribution in [1.29, 1.82) is 0 Å². The van der Waals surface area contributed by atoms with Gasteiger partial charge in [0.2, 0.25) is 5.88 Å². The summed E-state index contributed by atoms with van der Waals surface area (Å²) in [7, 11) is 0. The summed E-state index contributed by atoms with van der Waals surface area (Å²) in [6, 6.07) is 10.7. The van der Waals surface area contributed by atoms with E-state index in [-0.39, 0.29) is 17.3 Å². The smallest absolute Gasteiger partial charge is 0.417 e. The number of alkyl halides is 3. The molecule has 5 rings (SSSR count). The van der Waals surface area contributed by atoms with Gasteiger partial charge in [0.1, 0.15) is 11.4 Å². The fourth-order valence-corrected chi connectivity index (χ4v) is 4.25. The van der Waals surface area contributed by atoms with Crippen LogP contribution in [-0.2, 0) is 6.18 Å². The molecule has 1 spiro atoms. The molecule has 2 fully saturated rings. The number of piperazine rings is 1. The Bertz CT molecular complexity index is 1160. The fraction of sp³-hybridized carbons (Fsp3) is 0.348. The number of hydrogen-bond acceptors (Lipinski definition) is 5. The summed E-state index contributed by atoms with van der Waals surface area (Å²) < 4.78 is 43.6. The van der Waals surface area contributed by atoms with E-state index in [2.05, 4.69) is 15.3 Å². The molecule has 32 heavy (non-hydrogen) atoms. The third-order valence-electron chi connectivity index (χ3n) is 6.14. The number of nitrogens with zero attached hydrogens (tertiary/aromatic N) is 3. The molecule has 166 valence electrons. The monoisotopic (exact) mass is 442 g/mol. The number of rotatable bonds is 3. The van der Waals surface area contributed by atoms with Crippen molar-refractivity contribution in [3.8, 4) is 11.6 Å². The lowest BCUT2D eigenvalue weighted by Gasteiger charge is -2.49. The van der Waals surface area contributed by atoms with E-state index in [4.69, 9.17) is 4.74 Å². The van der Waals surface area contributed by atoms with Crippen molar-refractivity contribution in [1.82, 2.24) is 20.2 Å². The van der Waals surface area contributed by atoms with E-state index in [1.165, 1.54) is 12.5 Å². The first kappa shape index (κ1) is 20.7. The molecule has 2 aromatic heterocycles. The molecule has 0 bridgehead atoms. The number of pyridine rings is 2. The zero-order valence-corrected chi connectivity index (χ0v) is 17.2. The van der Waals surface area contributed by atoms with Crippen molar-refractivity contribution in [3.63, 3.8) is 0 Å². The number of halogens is 3. The summed E-state index contributed by atoms with van der Waals surface area (Å²) in [4.78, 5) is 23.1. The van der Waals surface area contributed by atoms with Gasteiger partial charge in [-0.1, -0.05) is 6.07 Å². The van der Waals surface area contributed by atoms with E-state index in [9.17, 15) is 18.0 Å². The molecule has 1 saturated carbocycles. The number of amides is 1. The van der Waals surface area contributed by atoms with Crippen LogP contribution in [0.15, 0.2) is 48.7 Å². The molecule has 9 heteroatoms. The van der Waals surface area contributed by atoms with Crippen LogP contribution in [0.1, 0.15) is 35.3 Å². The summed E-state index contributed by atoms with van der Waals surface area (Å²) >= 11 is 0. The maximum atomic E-state index is 13.0. The number of aromatic nitrogens is 2. The average molecular weight is 442 g/mol. The Morgan fingerprint density at radius 2 is 1.97 bits per heavy atom. The quantitative estimate of drug-likeness (QED) is 0.651. The SMILES string of the molecule is O=C(c1ccc2cc(Oc3ccc(C(F)(F)F)cn3)ccc2n1)N1CCNC2(CCC2)C1. The average Bonchev–Trinajstić information content (AvgIpc) is 2.77. The second kappa shape index (κ2) is 7.74. The maximum absolute atomic E-state index is 13.0. The van der Waals surface area contributed by atoms with Crippen molar-refractivity contribution in [2.45, 2.75) is 31.0 Å². The first-order valence-electron chi connectivity index (χ1n) is 10.5. The van der Waals surface area contributed by atoms with Gasteiger partial charge in [0, 0.05) is 42.8 Å². The predicted octanol–water partition coefficient (Wildman–Crippen LogP) is 4.41. The van der Waals surface area contributed by atoms with E-state index >= 15 is 0 Å². The van der Waals surface area contributed by atoms with Gasteiger partial charge in [0.05, 0.1) is 11.1 Å². The molecule has 0 radical (unpaired) electrons. The lowest BCUT2D eigenvalue weighted by atomic mass is 9.75. The number of nitrogens with one attached hydrogen (secondary N) is 1. The molecule has 1 saturated heterocycles. The molecule has 2 aliphatic rings. The predicted molar refractivity (Wildman–Crippen MR) is 112 cm³/mol. The molecule has 3 heterocycles. The highest BCUT2D eigenvalue weighted by atomic mass is 19.4. The van der Waals surface area contributed by atoms with E-state index < -0.39 is 11.7 Å². The standard InChI is InChI=1S/C23H21F3N4O2/c24-23(25,26)16-3-7-20(27-13-16)32-17-4-6-18-15(12-17)2-5-19(29-18)21(31)30-11-10-28-22(14-30)8-1-9-22/h2-7,12-13,28H,1,8-11,14H2. The van der Waals surface area contributed by atoms with Crippen molar-refractivity contribution >= 4 is 16.8 Å². The minimum absolute atomic E-state index is 0.0562. The summed E-state index contributed by atoms with van der Waals surface area (Å²) in [6.45, 7) is 2.16. The zero-order chi connectivity index (χ0) is 22.3. The molecule has 0 atom stereocenters. The fourth-order valence-electron chi connectivity index (χ4n) is 4.25. The number of ether oxygens (including phenoxy) is 1. The van der Waals surface area contributed by atoms with E-state index in [1.807, 2.05) is 4.90 Å². The molecule has 1 amide bonds. The number of hydrogen-bond donors (Lipinski definition) is 1. The number of benzene rings is 1. The lowest BCUT2D eigenvalue weighted by Crippen LogP contribution is -2.64. The topological polar surface area (TPSA) is 67.3 Å². The normalized spacial score (nSPS) is 17.9. The Kier molecular flexibility index (Phi) is 5.00. The van der Waals surface area contributed by atoms with Crippen LogP contribution in [0, 0.1) is 0 Å². The second-order valence-electron chi connectivity index (χ2n) is 8.32. The lowest BCUT2D eigenvalue weighted by molar-refractivity contribution is -0.137. The van der Waals surface area contributed by atoms with E-state index in [0.29, 0.717) is 30.0 Å². The molecule has 1 aliphatic carbocycles. The van der Waals surface area contributed by atoms with Gasteiger partial charge >= 0.3 is 6.18 Å². The van der Waals surface area contributed by atoms with Crippen LogP contribution < -0.4 is 10.1 Å². The van der Waals surface area contributed by atoms with Gasteiger partial charge in [-0.3, -0.25) is 4.79 Å². The molecule has 6 nitrogen and oxygen atoms in total.